The largest absolute Gasteiger partial charge is 0.481 e. The minimum absolute atomic E-state index is 0.0460. The summed E-state index contributed by atoms with van der Waals surface area (Å²) in [4.78, 5) is 28.4. The zero-order chi connectivity index (χ0) is 12.8. The predicted octanol–water partition coefficient (Wildman–Crippen LogP) is 1.29. The predicted molar refractivity (Wildman–Crippen MR) is 65.6 cm³/mol. The smallest absolute Gasteiger partial charge is 0.309 e. The molecule has 0 saturated heterocycles. The fourth-order valence-corrected chi connectivity index (χ4v) is 2.14. The highest BCUT2D eigenvalue weighted by Gasteiger charge is 2.14. The van der Waals surface area contributed by atoms with Gasteiger partial charge in [-0.25, -0.2) is 4.98 Å². The molecule has 0 aliphatic heterocycles. The van der Waals surface area contributed by atoms with Crippen LogP contribution in [0.1, 0.15) is 29.3 Å². The van der Waals surface area contributed by atoms with E-state index in [4.69, 9.17) is 5.11 Å². The molecule has 1 heterocycles. The zero-order valence-electron chi connectivity index (χ0n) is 9.97. The van der Waals surface area contributed by atoms with Gasteiger partial charge in [-0.05, 0) is 13.1 Å². The molecule has 0 bridgehead atoms. The van der Waals surface area contributed by atoms with Crippen LogP contribution in [0.25, 0.3) is 0 Å². The van der Waals surface area contributed by atoms with Crippen molar-refractivity contribution in [1.29, 1.82) is 0 Å². The number of thiazole rings is 1. The molecule has 0 atom stereocenters. The highest BCUT2D eigenvalue weighted by atomic mass is 32.1. The van der Waals surface area contributed by atoms with Crippen molar-refractivity contribution in [2.24, 2.45) is 0 Å². The molecule has 6 heteroatoms. The second-order valence-electron chi connectivity index (χ2n) is 3.60. The molecule has 0 spiro atoms. The molecule has 17 heavy (non-hydrogen) atoms. The molecule has 0 amide bonds. The van der Waals surface area contributed by atoms with Crippen LogP contribution in [0, 0.1) is 0 Å². The lowest BCUT2D eigenvalue weighted by Gasteiger charge is -2.15. The average molecular weight is 256 g/mol. The van der Waals surface area contributed by atoms with Crippen molar-refractivity contribution >= 4 is 23.1 Å². The SMILES string of the molecule is CCN(CC)CC(=O)c1nc(CC(=O)O)cs1. The first-order valence-corrected chi connectivity index (χ1v) is 6.36. The lowest BCUT2D eigenvalue weighted by molar-refractivity contribution is -0.136. The molecular weight excluding hydrogens is 240 g/mol. The Labute approximate surface area is 104 Å². The normalized spacial score (nSPS) is 10.8. The van der Waals surface area contributed by atoms with Crippen LogP contribution in [0.15, 0.2) is 5.38 Å². The first-order valence-electron chi connectivity index (χ1n) is 5.48. The lowest BCUT2D eigenvalue weighted by atomic mass is 10.3. The van der Waals surface area contributed by atoms with E-state index in [9.17, 15) is 9.59 Å². The summed E-state index contributed by atoms with van der Waals surface area (Å²) in [7, 11) is 0. The van der Waals surface area contributed by atoms with Crippen molar-refractivity contribution in [3.8, 4) is 0 Å². The van der Waals surface area contributed by atoms with Crippen LogP contribution in [0.3, 0.4) is 0 Å². The topological polar surface area (TPSA) is 70.5 Å². The van der Waals surface area contributed by atoms with Gasteiger partial charge in [0.05, 0.1) is 18.7 Å². The maximum atomic E-state index is 11.8. The molecule has 0 radical (unpaired) electrons. The number of carboxylic acid groups (broad SMARTS) is 1. The lowest BCUT2D eigenvalue weighted by Crippen LogP contribution is -2.29. The summed E-state index contributed by atoms with van der Waals surface area (Å²) in [6.07, 6.45) is -0.130. The summed E-state index contributed by atoms with van der Waals surface area (Å²) in [5.74, 6) is -0.978. The second kappa shape index (κ2) is 6.46. The number of aromatic nitrogens is 1. The number of ketones is 1. The Balaban J connectivity index is 2.63. The molecule has 5 nitrogen and oxygen atoms in total. The molecule has 94 valence electrons. The van der Waals surface area contributed by atoms with E-state index in [1.54, 1.807) is 5.38 Å². The minimum Gasteiger partial charge on any atom is -0.481 e. The summed E-state index contributed by atoms with van der Waals surface area (Å²) >= 11 is 1.21. The number of rotatable bonds is 7. The molecule has 0 aliphatic rings. The standard InChI is InChI=1S/C11H16N2O3S/c1-3-13(4-2)6-9(14)11-12-8(7-17-11)5-10(15)16/h7H,3-6H2,1-2H3,(H,15,16). The number of carbonyl (C=O) groups excluding carboxylic acids is 1. The van der Waals surface area contributed by atoms with Gasteiger partial charge in [-0.3, -0.25) is 14.5 Å². The van der Waals surface area contributed by atoms with Gasteiger partial charge < -0.3 is 5.11 Å². The average Bonchev–Trinajstić information content (AvgIpc) is 2.73. The number of carboxylic acids is 1. The Morgan fingerprint density at radius 3 is 2.59 bits per heavy atom. The summed E-state index contributed by atoms with van der Waals surface area (Å²) in [5, 5.41) is 10.6. The highest BCUT2D eigenvalue weighted by molar-refractivity contribution is 7.11. The molecule has 0 aliphatic carbocycles. The number of aliphatic carboxylic acids is 1. The number of hydrogen-bond acceptors (Lipinski definition) is 5. The first-order chi connectivity index (χ1) is 8.06. The Morgan fingerprint density at radius 2 is 2.06 bits per heavy atom. The van der Waals surface area contributed by atoms with Gasteiger partial charge in [0, 0.05) is 5.38 Å². The van der Waals surface area contributed by atoms with E-state index in [-0.39, 0.29) is 12.2 Å². The van der Waals surface area contributed by atoms with Gasteiger partial charge in [-0.1, -0.05) is 13.8 Å². The molecule has 0 fully saturated rings. The summed E-state index contributed by atoms with van der Waals surface area (Å²) < 4.78 is 0. The number of carbonyl (C=O) groups is 2. The van der Waals surface area contributed by atoms with Gasteiger partial charge in [0.25, 0.3) is 0 Å². The number of nitrogens with zero attached hydrogens (tertiary/aromatic N) is 2. The maximum Gasteiger partial charge on any atom is 0.309 e. The van der Waals surface area contributed by atoms with E-state index < -0.39 is 5.97 Å². The van der Waals surface area contributed by atoms with Gasteiger partial charge >= 0.3 is 5.97 Å². The van der Waals surface area contributed by atoms with Crippen molar-refractivity contribution in [3.63, 3.8) is 0 Å². The van der Waals surface area contributed by atoms with Crippen molar-refractivity contribution in [1.82, 2.24) is 9.88 Å². The van der Waals surface area contributed by atoms with E-state index in [2.05, 4.69) is 4.98 Å². The van der Waals surface area contributed by atoms with Crippen molar-refractivity contribution in [3.05, 3.63) is 16.1 Å². The molecule has 0 unspecified atom stereocenters. The van der Waals surface area contributed by atoms with Crippen LogP contribution in [-0.2, 0) is 11.2 Å². The highest BCUT2D eigenvalue weighted by Crippen LogP contribution is 2.11. The van der Waals surface area contributed by atoms with Crippen LogP contribution in [0.4, 0.5) is 0 Å². The van der Waals surface area contributed by atoms with Gasteiger partial charge in [-0.2, -0.15) is 0 Å². The van der Waals surface area contributed by atoms with Crippen LogP contribution in [0.5, 0.6) is 0 Å². The summed E-state index contributed by atoms with van der Waals surface area (Å²) in [5.41, 5.74) is 0.449. The van der Waals surface area contributed by atoms with Gasteiger partial charge in [0.1, 0.15) is 0 Å². The molecule has 1 N–H and O–H groups in total. The van der Waals surface area contributed by atoms with E-state index >= 15 is 0 Å². The molecule has 0 saturated carbocycles. The van der Waals surface area contributed by atoms with E-state index in [0.717, 1.165) is 13.1 Å². The fraction of sp³-hybridized carbons (Fsp3) is 0.545. The monoisotopic (exact) mass is 256 g/mol. The van der Waals surface area contributed by atoms with Crippen LogP contribution >= 0.6 is 11.3 Å². The summed E-state index contributed by atoms with van der Waals surface area (Å²) in [6.45, 7) is 5.96. The zero-order valence-corrected chi connectivity index (χ0v) is 10.8. The molecule has 1 aromatic heterocycles. The number of hydrogen-bond donors (Lipinski definition) is 1. The molecule has 1 rings (SSSR count). The third kappa shape index (κ3) is 4.24. The molecule has 0 aromatic carbocycles. The number of Topliss-reactive ketones (excluding diaryl/α,β-unsaturated/α-hetero) is 1. The van der Waals surface area contributed by atoms with Crippen LogP contribution in [0.2, 0.25) is 0 Å². The quantitative estimate of drug-likeness (QED) is 0.744. The van der Waals surface area contributed by atoms with Gasteiger partial charge in [0.15, 0.2) is 5.01 Å². The second-order valence-corrected chi connectivity index (χ2v) is 4.46. The van der Waals surface area contributed by atoms with Crippen molar-refractivity contribution in [2.45, 2.75) is 20.3 Å². The van der Waals surface area contributed by atoms with E-state index in [0.29, 0.717) is 17.2 Å². The Bertz CT molecular complexity index is 399. The van der Waals surface area contributed by atoms with Crippen LogP contribution < -0.4 is 0 Å². The van der Waals surface area contributed by atoms with E-state index in [1.165, 1.54) is 11.3 Å². The summed E-state index contributed by atoms with van der Waals surface area (Å²) in [6, 6.07) is 0. The van der Waals surface area contributed by atoms with Crippen molar-refractivity contribution < 1.29 is 14.7 Å². The maximum absolute atomic E-state index is 11.8. The van der Waals surface area contributed by atoms with Crippen LogP contribution in [-0.4, -0.2) is 46.4 Å². The Kier molecular flexibility index (Phi) is 5.24. The first kappa shape index (κ1) is 13.8. The minimum atomic E-state index is -0.932. The Morgan fingerprint density at radius 1 is 1.41 bits per heavy atom. The Hall–Kier alpha value is -1.27. The van der Waals surface area contributed by atoms with Crippen molar-refractivity contribution in [2.75, 3.05) is 19.6 Å². The molecule has 1 aromatic rings. The van der Waals surface area contributed by atoms with E-state index in [1.807, 2.05) is 18.7 Å². The van der Waals surface area contributed by atoms with Gasteiger partial charge in [0.2, 0.25) is 5.78 Å². The molecular formula is C11H16N2O3S. The fourth-order valence-electron chi connectivity index (χ4n) is 1.39. The third-order valence-corrected chi connectivity index (χ3v) is 3.32. The number of likely N-dealkylation sites (N-methyl/N-ethyl adjacent to an activating group) is 1. The van der Waals surface area contributed by atoms with Gasteiger partial charge in [-0.15, -0.1) is 11.3 Å². The third-order valence-electron chi connectivity index (χ3n) is 2.38.